The maximum Gasteiger partial charge on any atom is 0.282 e. The lowest BCUT2D eigenvalue weighted by Gasteiger charge is -2.28. The molecule has 0 bridgehead atoms. The average molecular weight is 441 g/mol. The quantitative estimate of drug-likeness (QED) is 0.216. The van der Waals surface area contributed by atoms with Gasteiger partial charge < -0.3 is 28.6 Å². The van der Waals surface area contributed by atoms with Crippen molar-refractivity contribution in [1.82, 2.24) is 9.55 Å². The van der Waals surface area contributed by atoms with Crippen LogP contribution < -0.4 is 0 Å². The minimum absolute atomic E-state index is 0.0933. The van der Waals surface area contributed by atoms with Gasteiger partial charge in [-0.05, 0) is 18.9 Å². The third-order valence-electron chi connectivity index (χ3n) is 5.61. The number of aromatic nitrogens is 2. The summed E-state index contributed by atoms with van der Waals surface area (Å²) in [6.45, 7) is 5.60. The Balaban J connectivity index is 1.94. The molecule has 0 radical (unpaired) electrons. The average Bonchev–Trinajstić information content (AvgIpc) is 3.19. The molecule has 1 heterocycles. The molecule has 180 valence electrons. The molecule has 0 aliphatic heterocycles. The highest BCUT2D eigenvalue weighted by atomic mass is 16.9. The molecule has 7 nitrogen and oxygen atoms in total. The van der Waals surface area contributed by atoms with Crippen LogP contribution in [0.3, 0.4) is 0 Å². The maximum atomic E-state index is 9.14. The van der Waals surface area contributed by atoms with Crippen molar-refractivity contribution in [3.8, 4) is 0 Å². The van der Waals surface area contributed by atoms with Crippen molar-refractivity contribution in [3.05, 3.63) is 24.3 Å². The lowest BCUT2D eigenvalue weighted by atomic mass is 10.1. The van der Waals surface area contributed by atoms with Gasteiger partial charge in [0.15, 0.2) is 0 Å². The number of ether oxygens (including phenoxy) is 4. The van der Waals surface area contributed by atoms with Gasteiger partial charge in [0.25, 0.3) is 5.97 Å². The normalized spacial score (nSPS) is 11.9. The Kier molecular flexibility index (Phi) is 15.5. The fraction of sp³-hybridized carbons (Fsp3) is 0.792. The molecular weight excluding hydrogens is 396 g/mol. The number of aliphatic hydroxyl groups excluding tert-OH is 1. The van der Waals surface area contributed by atoms with E-state index in [-0.39, 0.29) is 6.61 Å². The number of nitrogens with zero attached hydrogens (tertiary/aromatic N) is 2. The number of rotatable bonds is 21. The zero-order chi connectivity index (χ0) is 22.8. The minimum Gasteiger partial charge on any atom is -0.395 e. The number of hydrogen-bond donors (Lipinski definition) is 1. The molecule has 0 aliphatic carbocycles. The zero-order valence-corrected chi connectivity index (χ0v) is 19.9. The molecule has 0 amide bonds. The van der Waals surface area contributed by atoms with Crippen LogP contribution >= 0.6 is 0 Å². The van der Waals surface area contributed by atoms with Gasteiger partial charge in [0, 0.05) is 47.1 Å². The number of aliphatic hydroxyl groups is 1. The van der Waals surface area contributed by atoms with Gasteiger partial charge in [-0.3, -0.25) is 0 Å². The van der Waals surface area contributed by atoms with E-state index in [2.05, 4.69) is 11.6 Å². The summed E-state index contributed by atoms with van der Waals surface area (Å²) < 4.78 is 23.6. The van der Waals surface area contributed by atoms with Crippen molar-refractivity contribution in [2.24, 2.45) is 0 Å². The van der Waals surface area contributed by atoms with Crippen LogP contribution in [0.15, 0.2) is 12.8 Å². The molecule has 0 saturated heterocycles. The van der Waals surface area contributed by atoms with E-state index in [0.717, 1.165) is 37.4 Å². The molecule has 1 aromatic heterocycles. The van der Waals surface area contributed by atoms with E-state index in [1.165, 1.54) is 51.4 Å². The van der Waals surface area contributed by atoms with Crippen molar-refractivity contribution in [2.75, 3.05) is 34.5 Å². The van der Waals surface area contributed by atoms with E-state index in [0.29, 0.717) is 13.2 Å². The second kappa shape index (κ2) is 17.3. The molecule has 0 unspecified atom stereocenters. The van der Waals surface area contributed by atoms with Gasteiger partial charge in [0.2, 0.25) is 0 Å². The highest BCUT2D eigenvalue weighted by molar-refractivity contribution is 5.40. The van der Waals surface area contributed by atoms with Crippen LogP contribution in [0, 0.1) is 0 Å². The number of unbranched alkanes of at least 4 members (excludes halogenated alkanes) is 9. The van der Waals surface area contributed by atoms with E-state index < -0.39 is 5.97 Å². The lowest BCUT2D eigenvalue weighted by molar-refractivity contribution is -0.355. The van der Waals surface area contributed by atoms with Crippen molar-refractivity contribution in [3.63, 3.8) is 0 Å². The topological polar surface area (TPSA) is 75.0 Å². The Hall–Kier alpha value is -1.25. The monoisotopic (exact) mass is 440 g/mol. The van der Waals surface area contributed by atoms with Crippen LogP contribution in [-0.4, -0.2) is 55.2 Å². The molecule has 1 N–H and O–H groups in total. The van der Waals surface area contributed by atoms with Gasteiger partial charge >= 0.3 is 0 Å². The van der Waals surface area contributed by atoms with Crippen LogP contribution in [0.4, 0.5) is 0 Å². The summed E-state index contributed by atoms with van der Waals surface area (Å²) in [5.74, 6) is -0.0281. The molecule has 31 heavy (non-hydrogen) atoms. The first-order chi connectivity index (χ1) is 15.1. The third kappa shape index (κ3) is 11.3. The summed E-state index contributed by atoms with van der Waals surface area (Å²) in [5.41, 5.74) is 0.820. The molecule has 0 fully saturated rings. The molecule has 1 aromatic rings. The molecule has 0 saturated carbocycles. The van der Waals surface area contributed by atoms with Crippen LogP contribution in [0.2, 0.25) is 0 Å². The van der Waals surface area contributed by atoms with E-state index in [9.17, 15) is 0 Å². The van der Waals surface area contributed by atoms with E-state index >= 15 is 0 Å². The maximum absolute atomic E-state index is 9.14. The highest BCUT2D eigenvalue weighted by Crippen LogP contribution is 2.21. The van der Waals surface area contributed by atoms with Gasteiger partial charge in [0.05, 0.1) is 12.3 Å². The molecule has 7 heteroatoms. The molecule has 0 atom stereocenters. The fourth-order valence-corrected chi connectivity index (χ4v) is 3.67. The predicted octanol–water partition coefficient (Wildman–Crippen LogP) is 4.92. The summed E-state index contributed by atoms with van der Waals surface area (Å²) >= 11 is 0. The second-order valence-corrected chi connectivity index (χ2v) is 7.84. The minimum atomic E-state index is -0.876. The Labute approximate surface area is 188 Å². The summed E-state index contributed by atoms with van der Waals surface area (Å²) in [6, 6.07) is 0. The number of methoxy groups -OCH3 is 3. The Morgan fingerprint density at radius 2 is 1.48 bits per heavy atom. The van der Waals surface area contributed by atoms with Crippen LogP contribution in [0.1, 0.15) is 82.1 Å². The Morgan fingerprint density at radius 1 is 0.935 bits per heavy atom. The summed E-state index contributed by atoms with van der Waals surface area (Å²) in [4.78, 5) is 4.46. The highest BCUT2D eigenvalue weighted by Gasteiger charge is 2.28. The van der Waals surface area contributed by atoms with Crippen LogP contribution in [-0.2, 0) is 32.1 Å². The lowest BCUT2D eigenvalue weighted by Crippen LogP contribution is -2.35. The van der Waals surface area contributed by atoms with Gasteiger partial charge in [-0.1, -0.05) is 57.9 Å². The summed E-state index contributed by atoms with van der Waals surface area (Å²) in [5, 5.41) is 9.14. The standard InChI is InChI=1S/C24H44N2O5/c1-5-22-20-26(17-18-27)23(25-22)21-31-19-15-13-11-9-7-6-8-10-12-14-16-24(28-2,29-3)30-4/h5,20,27H,1,6-19,21H2,2-4H3. The van der Waals surface area contributed by atoms with E-state index in [1.54, 1.807) is 27.4 Å². The van der Waals surface area contributed by atoms with E-state index in [4.69, 9.17) is 24.1 Å². The van der Waals surface area contributed by atoms with Crippen LogP contribution in [0.5, 0.6) is 0 Å². The molecule has 0 spiro atoms. The number of hydrogen-bond acceptors (Lipinski definition) is 6. The summed E-state index contributed by atoms with van der Waals surface area (Å²) in [7, 11) is 4.85. The SMILES string of the molecule is C=Cc1cn(CCO)c(COCCCCCCCCCCCCC(OC)(OC)OC)n1. The Morgan fingerprint density at radius 3 is 2.00 bits per heavy atom. The zero-order valence-electron chi connectivity index (χ0n) is 19.9. The van der Waals surface area contributed by atoms with Gasteiger partial charge in [-0.25, -0.2) is 4.98 Å². The first-order valence-corrected chi connectivity index (χ1v) is 11.7. The van der Waals surface area contributed by atoms with Crippen molar-refractivity contribution < 1.29 is 24.1 Å². The first kappa shape index (κ1) is 27.8. The molecule has 0 aliphatic rings. The van der Waals surface area contributed by atoms with Crippen molar-refractivity contribution >= 4 is 6.08 Å². The third-order valence-corrected chi connectivity index (χ3v) is 5.61. The van der Waals surface area contributed by atoms with E-state index in [1.807, 2.05) is 10.8 Å². The molecule has 1 rings (SSSR count). The number of imidazole rings is 1. The smallest absolute Gasteiger partial charge is 0.282 e. The van der Waals surface area contributed by atoms with Gasteiger partial charge in [-0.15, -0.1) is 0 Å². The summed E-state index contributed by atoms with van der Waals surface area (Å²) in [6.07, 6.45) is 16.6. The molecular formula is C24H44N2O5. The second-order valence-electron chi connectivity index (χ2n) is 7.84. The predicted molar refractivity (Wildman–Crippen MR) is 124 cm³/mol. The van der Waals surface area contributed by atoms with Crippen LogP contribution in [0.25, 0.3) is 6.08 Å². The van der Waals surface area contributed by atoms with Gasteiger partial charge in [0.1, 0.15) is 12.4 Å². The first-order valence-electron chi connectivity index (χ1n) is 11.7. The largest absolute Gasteiger partial charge is 0.395 e. The van der Waals surface area contributed by atoms with Gasteiger partial charge in [-0.2, -0.15) is 0 Å². The fourth-order valence-electron chi connectivity index (χ4n) is 3.67. The van der Waals surface area contributed by atoms with Crippen molar-refractivity contribution in [1.29, 1.82) is 0 Å². The van der Waals surface area contributed by atoms with Crippen molar-refractivity contribution in [2.45, 2.75) is 89.8 Å². The molecule has 0 aromatic carbocycles. The Bertz CT molecular complexity index is 564.